The van der Waals surface area contributed by atoms with Crippen molar-refractivity contribution in [3.05, 3.63) is 54.1 Å². The van der Waals surface area contributed by atoms with Crippen LogP contribution in [0.15, 0.2) is 48.5 Å². The van der Waals surface area contributed by atoms with Crippen molar-refractivity contribution < 1.29 is 19.4 Å². The Kier molecular flexibility index (Phi) is 7.76. The Labute approximate surface area is 154 Å². The van der Waals surface area contributed by atoms with E-state index in [1.807, 2.05) is 42.5 Å². The van der Waals surface area contributed by atoms with Crippen LogP contribution < -0.4 is 14.8 Å². The highest BCUT2D eigenvalue weighted by molar-refractivity contribution is 5.64. The summed E-state index contributed by atoms with van der Waals surface area (Å²) in [4.78, 5) is 12.8. The minimum absolute atomic E-state index is 0.461. The van der Waals surface area contributed by atoms with Crippen LogP contribution in [0.3, 0.4) is 0 Å². The second-order valence-corrected chi connectivity index (χ2v) is 5.85. The lowest BCUT2D eigenvalue weighted by Gasteiger charge is -2.20. The smallest absolute Gasteiger partial charge is 0.404 e. The fourth-order valence-corrected chi connectivity index (χ4v) is 2.64. The number of nitrogens with one attached hydrogen (secondary N) is 1. The summed E-state index contributed by atoms with van der Waals surface area (Å²) < 4.78 is 11.3. The van der Waals surface area contributed by atoms with Gasteiger partial charge in [-0.1, -0.05) is 31.2 Å². The first kappa shape index (κ1) is 19.6. The molecule has 140 valence electrons. The largest absolute Gasteiger partial charge is 0.493 e. The molecule has 0 aliphatic rings. The average Bonchev–Trinajstić information content (AvgIpc) is 2.64. The molecule has 2 N–H and O–H groups in total. The van der Waals surface area contributed by atoms with Gasteiger partial charge in [-0.25, -0.2) is 4.79 Å². The molecule has 0 atom stereocenters. The van der Waals surface area contributed by atoms with Gasteiger partial charge in [-0.15, -0.1) is 0 Å². The van der Waals surface area contributed by atoms with E-state index in [1.165, 1.54) is 0 Å². The van der Waals surface area contributed by atoms with Crippen molar-refractivity contribution in [2.75, 3.05) is 26.7 Å². The third-order valence-electron chi connectivity index (χ3n) is 3.98. The molecule has 0 radical (unpaired) electrons. The van der Waals surface area contributed by atoms with E-state index in [-0.39, 0.29) is 0 Å². The molecule has 0 unspecified atom stereocenters. The molecule has 6 nitrogen and oxygen atoms in total. The second-order valence-electron chi connectivity index (χ2n) is 5.85. The Morgan fingerprint density at radius 3 is 2.62 bits per heavy atom. The number of para-hydroxylation sites is 2. The third kappa shape index (κ3) is 6.29. The summed E-state index contributed by atoms with van der Waals surface area (Å²) in [5, 5.41) is 11.0. The molecule has 2 rings (SSSR count). The first-order valence-corrected chi connectivity index (χ1v) is 8.71. The zero-order valence-electron chi connectivity index (χ0n) is 15.3. The van der Waals surface area contributed by atoms with Crippen LogP contribution in [0.5, 0.6) is 17.2 Å². The van der Waals surface area contributed by atoms with Gasteiger partial charge in [-0.05, 0) is 42.8 Å². The maximum Gasteiger partial charge on any atom is 0.404 e. The number of hydrogen-bond acceptors (Lipinski definition) is 4. The normalized spacial score (nSPS) is 10.6. The zero-order valence-corrected chi connectivity index (χ0v) is 15.3. The first-order chi connectivity index (χ1) is 12.6. The van der Waals surface area contributed by atoms with Gasteiger partial charge >= 0.3 is 6.09 Å². The topological polar surface area (TPSA) is 71.0 Å². The van der Waals surface area contributed by atoms with Crippen LogP contribution in [-0.2, 0) is 6.54 Å². The van der Waals surface area contributed by atoms with Gasteiger partial charge in [0.05, 0.1) is 7.11 Å². The molecular formula is C20H26N2O4. The number of rotatable bonds is 10. The molecule has 2 aromatic carbocycles. The van der Waals surface area contributed by atoms with Gasteiger partial charge in [-0.2, -0.15) is 0 Å². The quantitative estimate of drug-likeness (QED) is 0.629. The summed E-state index contributed by atoms with van der Waals surface area (Å²) in [5.74, 6) is 2.13. The van der Waals surface area contributed by atoms with Crippen molar-refractivity contribution in [1.29, 1.82) is 0 Å². The molecule has 6 heteroatoms. The van der Waals surface area contributed by atoms with Crippen molar-refractivity contribution in [3.8, 4) is 17.2 Å². The standard InChI is InChI=1S/C20H26N2O4/c1-3-22(13-7-12-21-20(23)24)15-16-8-6-9-17(14-16)26-19-11-5-4-10-18(19)25-2/h4-6,8-11,14,21H,3,7,12-13,15H2,1-2H3,(H,23,24). The van der Waals surface area contributed by atoms with E-state index in [4.69, 9.17) is 14.6 Å². The van der Waals surface area contributed by atoms with Crippen molar-refractivity contribution in [1.82, 2.24) is 10.2 Å². The van der Waals surface area contributed by atoms with Crippen molar-refractivity contribution >= 4 is 6.09 Å². The molecule has 0 aliphatic heterocycles. The Hall–Kier alpha value is -2.73. The number of carboxylic acid groups (broad SMARTS) is 1. The summed E-state index contributed by atoms with van der Waals surface area (Å²) in [5.41, 5.74) is 1.14. The molecule has 0 saturated heterocycles. The van der Waals surface area contributed by atoms with Gasteiger partial charge in [0, 0.05) is 19.6 Å². The highest BCUT2D eigenvalue weighted by Crippen LogP contribution is 2.31. The minimum Gasteiger partial charge on any atom is -0.493 e. The lowest BCUT2D eigenvalue weighted by molar-refractivity contribution is 0.193. The number of carbonyl (C=O) groups is 1. The number of methoxy groups -OCH3 is 1. The van der Waals surface area contributed by atoms with Gasteiger partial charge < -0.3 is 19.9 Å². The summed E-state index contributed by atoms with van der Waals surface area (Å²) in [7, 11) is 1.62. The van der Waals surface area contributed by atoms with E-state index in [0.29, 0.717) is 18.0 Å². The lowest BCUT2D eigenvalue weighted by Crippen LogP contribution is -2.28. The first-order valence-electron chi connectivity index (χ1n) is 8.71. The molecule has 0 saturated carbocycles. The summed E-state index contributed by atoms with van der Waals surface area (Å²) in [6.45, 7) is 5.06. The molecule has 0 heterocycles. The molecule has 2 aromatic rings. The van der Waals surface area contributed by atoms with E-state index in [1.54, 1.807) is 7.11 Å². The predicted molar refractivity (Wildman–Crippen MR) is 101 cm³/mol. The third-order valence-corrected chi connectivity index (χ3v) is 3.98. The minimum atomic E-state index is -0.978. The van der Waals surface area contributed by atoms with Gasteiger partial charge in [0.1, 0.15) is 5.75 Å². The van der Waals surface area contributed by atoms with E-state index in [2.05, 4.69) is 23.2 Å². The molecule has 0 fully saturated rings. The van der Waals surface area contributed by atoms with Gasteiger partial charge in [0.15, 0.2) is 11.5 Å². The van der Waals surface area contributed by atoms with Crippen LogP contribution in [-0.4, -0.2) is 42.8 Å². The van der Waals surface area contributed by atoms with E-state index >= 15 is 0 Å². The van der Waals surface area contributed by atoms with Crippen molar-refractivity contribution in [3.63, 3.8) is 0 Å². The van der Waals surface area contributed by atoms with E-state index in [0.717, 1.165) is 37.4 Å². The number of hydrogen-bond donors (Lipinski definition) is 2. The number of amides is 1. The average molecular weight is 358 g/mol. The van der Waals surface area contributed by atoms with Gasteiger partial charge in [0.25, 0.3) is 0 Å². The Bertz CT molecular complexity index is 706. The maximum atomic E-state index is 10.5. The Balaban J connectivity index is 1.95. The molecule has 0 aliphatic carbocycles. The van der Waals surface area contributed by atoms with Crippen LogP contribution in [0.25, 0.3) is 0 Å². The Morgan fingerprint density at radius 2 is 1.92 bits per heavy atom. The maximum absolute atomic E-state index is 10.5. The highest BCUT2D eigenvalue weighted by atomic mass is 16.5. The van der Waals surface area contributed by atoms with Gasteiger partial charge in [-0.3, -0.25) is 4.90 Å². The molecular weight excluding hydrogens is 332 g/mol. The zero-order chi connectivity index (χ0) is 18.8. The Morgan fingerprint density at radius 1 is 1.15 bits per heavy atom. The molecule has 0 bridgehead atoms. The second kappa shape index (κ2) is 10.3. The fourth-order valence-electron chi connectivity index (χ4n) is 2.64. The number of nitrogens with zero attached hydrogens (tertiary/aromatic N) is 1. The van der Waals surface area contributed by atoms with Crippen molar-refractivity contribution in [2.24, 2.45) is 0 Å². The fraction of sp³-hybridized carbons (Fsp3) is 0.350. The SMILES string of the molecule is CCN(CCCNC(=O)O)Cc1cccc(Oc2ccccc2OC)c1. The van der Waals surface area contributed by atoms with Crippen LogP contribution in [0.2, 0.25) is 0 Å². The van der Waals surface area contributed by atoms with E-state index < -0.39 is 6.09 Å². The van der Waals surface area contributed by atoms with Crippen molar-refractivity contribution in [2.45, 2.75) is 19.9 Å². The molecule has 0 spiro atoms. The number of ether oxygens (including phenoxy) is 2. The van der Waals surface area contributed by atoms with Crippen LogP contribution in [0.1, 0.15) is 18.9 Å². The van der Waals surface area contributed by atoms with Crippen LogP contribution >= 0.6 is 0 Å². The molecule has 0 aromatic heterocycles. The highest BCUT2D eigenvalue weighted by Gasteiger charge is 2.07. The predicted octanol–water partition coefficient (Wildman–Crippen LogP) is 3.97. The van der Waals surface area contributed by atoms with E-state index in [9.17, 15) is 4.79 Å². The molecule has 26 heavy (non-hydrogen) atoms. The summed E-state index contributed by atoms with van der Waals surface area (Å²) >= 11 is 0. The van der Waals surface area contributed by atoms with Gasteiger partial charge in [0.2, 0.25) is 0 Å². The lowest BCUT2D eigenvalue weighted by atomic mass is 10.2. The summed E-state index contributed by atoms with van der Waals surface area (Å²) in [6, 6.07) is 15.5. The van der Waals surface area contributed by atoms with Crippen LogP contribution in [0, 0.1) is 0 Å². The van der Waals surface area contributed by atoms with Crippen LogP contribution in [0.4, 0.5) is 4.79 Å². The number of benzene rings is 2. The molecule has 1 amide bonds. The summed E-state index contributed by atoms with van der Waals surface area (Å²) in [6.07, 6.45) is -0.202. The monoisotopic (exact) mass is 358 g/mol.